The summed E-state index contributed by atoms with van der Waals surface area (Å²) in [5, 5.41) is 3.00. The number of nitrogens with one attached hydrogen (secondary N) is 2. The van der Waals surface area contributed by atoms with Crippen LogP contribution in [0.15, 0.2) is 18.2 Å². The molecular weight excluding hydrogens is 475 g/mol. The lowest BCUT2D eigenvalue weighted by Crippen LogP contribution is -2.42. The fourth-order valence-corrected chi connectivity index (χ4v) is 4.52. The number of carbonyl (C=O) groups excluding carboxylic acids is 1. The zero-order valence-electron chi connectivity index (χ0n) is 14.4. The highest BCUT2D eigenvalue weighted by atomic mass is 127. The Kier molecular flexibility index (Phi) is 7.54. The van der Waals surface area contributed by atoms with Gasteiger partial charge in [0.1, 0.15) is 0 Å². The first-order chi connectivity index (χ1) is 11.7. The molecule has 0 aliphatic heterocycles. The molecule has 0 atom stereocenters. The Morgan fingerprint density at radius 1 is 1.28 bits per heavy atom. The second-order valence-corrected chi connectivity index (χ2v) is 10.1. The minimum absolute atomic E-state index is 0.0470. The van der Waals surface area contributed by atoms with Crippen molar-refractivity contribution in [2.75, 3.05) is 5.32 Å². The molecule has 1 saturated carbocycles. The third kappa shape index (κ3) is 5.80. The van der Waals surface area contributed by atoms with Gasteiger partial charge in [0.25, 0.3) is 0 Å². The van der Waals surface area contributed by atoms with Crippen molar-refractivity contribution in [2.45, 2.75) is 55.3 Å². The van der Waals surface area contributed by atoms with E-state index in [1.54, 1.807) is 13.8 Å². The van der Waals surface area contributed by atoms with E-state index >= 15 is 0 Å². The van der Waals surface area contributed by atoms with Crippen molar-refractivity contribution in [2.24, 2.45) is 5.92 Å². The molecule has 0 unspecified atom stereocenters. The lowest BCUT2D eigenvalue weighted by Gasteiger charge is -2.28. The first-order valence-electron chi connectivity index (χ1n) is 8.39. The summed E-state index contributed by atoms with van der Waals surface area (Å²) < 4.78 is 27.5. The number of sulfonamides is 1. The lowest BCUT2D eigenvalue weighted by molar-refractivity contribution is -0.120. The number of benzene rings is 1. The van der Waals surface area contributed by atoms with Crippen LogP contribution in [-0.2, 0) is 19.2 Å². The predicted octanol–water partition coefficient (Wildman–Crippen LogP) is 4.10. The molecule has 2 N–H and O–H groups in total. The second-order valence-electron chi connectivity index (χ2n) is 6.70. The van der Waals surface area contributed by atoms with Gasteiger partial charge in [0.2, 0.25) is 15.9 Å². The molecule has 1 aromatic rings. The van der Waals surface area contributed by atoms with Gasteiger partial charge in [0.05, 0.1) is 16.0 Å². The van der Waals surface area contributed by atoms with E-state index in [9.17, 15) is 13.2 Å². The van der Waals surface area contributed by atoms with Gasteiger partial charge in [-0.3, -0.25) is 4.79 Å². The maximum Gasteiger partial charge on any atom is 0.227 e. The molecule has 1 aliphatic carbocycles. The Morgan fingerprint density at radius 2 is 1.92 bits per heavy atom. The van der Waals surface area contributed by atoms with Gasteiger partial charge in [0, 0.05) is 16.4 Å². The number of rotatable bonds is 6. The van der Waals surface area contributed by atoms with Crippen molar-refractivity contribution in [1.29, 1.82) is 0 Å². The van der Waals surface area contributed by atoms with Crippen LogP contribution in [0.1, 0.15) is 45.1 Å². The molecule has 0 heterocycles. The number of alkyl halides is 1. The number of halogens is 2. The maximum absolute atomic E-state index is 12.5. The van der Waals surface area contributed by atoms with Gasteiger partial charge in [-0.15, -0.1) is 0 Å². The molecule has 140 valence electrons. The van der Waals surface area contributed by atoms with Crippen LogP contribution in [0.3, 0.4) is 0 Å². The summed E-state index contributed by atoms with van der Waals surface area (Å²) in [5.41, 5.74) is 1.74. The minimum atomic E-state index is -3.26. The van der Waals surface area contributed by atoms with E-state index in [1.807, 2.05) is 18.2 Å². The molecule has 0 saturated heterocycles. The third-order valence-electron chi connectivity index (χ3n) is 4.50. The number of carbonyl (C=O) groups is 1. The van der Waals surface area contributed by atoms with Crippen LogP contribution in [-0.4, -0.2) is 25.6 Å². The van der Waals surface area contributed by atoms with Crippen molar-refractivity contribution in [1.82, 2.24) is 4.72 Å². The van der Waals surface area contributed by atoms with E-state index in [4.69, 9.17) is 11.6 Å². The van der Waals surface area contributed by atoms with Crippen LogP contribution in [0, 0.1) is 5.92 Å². The summed E-state index contributed by atoms with van der Waals surface area (Å²) in [7, 11) is -3.26. The molecule has 0 radical (unpaired) electrons. The van der Waals surface area contributed by atoms with E-state index in [2.05, 4.69) is 32.6 Å². The number of hydrogen-bond donors (Lipinski definition) is 2. The third-order valence-corrected chi connectivity index (χ3v) is 7.59. The number of anilines is 1. The van der Waals surface area contributed by atoms with E-state index in [0.717, 1.165) is 9.99 Å². The molecule has 25 heavy (non-hydrogen) atoms. The largest absolute Gasteiger partial charge is 0.325 e. The van der Waals surface area contributed by atoms with E-state index in [0.29, 0.717) is 36.4 Å². The zero-order chi connectivity index (χ0) is 18.6. The topological polar surface area (TPSA) is 75.3 Å². The normalized spacial score (nSPS) is 21.3. The summed E-state index contributed by atoms with van der Waals surface area (Å²) >= 11 is 8.48. The summed E-state index contributed by atoms with van der Waals surface area (Å²) in [6.07, 6.45) is 2.68. The summed E-state index contributed by atoms with van der Waals surface area (Å²) in [6.45, 7) is 3.32. The fourth-order valence-electron chi connectivity index (χ4n) is 2.82. The summed E-state index contributed by atoms with van der Waals surface area (Å²) in [6, 6.07) is 5.56. The smallest absolute Gasteiger partial charge is 0.227 e. The van der Waals surface area contributed by atoms with Crippen LogP contribution in [0.25, 0.3) is 0 Å². The van der Waals surface area contributed by atoms with Crippen molar-refractivity contribution in [3.8, 4) is 0 Å². The van der Waals surface area contributed by atoms with Gasteiger partial charge in [-0.05, 0) is 57.2 Å². The van der Waals surface area contributed by atoms with Gasteiger partial charge in [-0.25, -0.2) is 13.1 Å². The van der Waals surface area contributed by atoms with E-state index < -0.39 is 15.3 Å². The molecule has 1 aromatic carbocycles. The average molecular weight is 499 g/mol. The molecule has 0 aromatic heterocycles. The Hall–Kier alpha value is -0.380. The van der Waals surface area contributed by atoms with E-state index in [-0.39, 0.29) is 17.9 Å². The van der Waals surface area contributed by atoms with Crippen LogP contribution in [0.4, 0.5) is 5.69 Å². The van der Waals surface area contributed by atoms with Gasteiger partial charge >= 0.3 is 0 Å². The van der Waals surface area contributed by atoms with Crippen LogP contribution < -0.4 is 10.0 Å². The molecule has 1 fully saturated rings. The van der Waals surface area contributed by atoms with Gasteiger partial charge in [-0.2, -0.15) is 0 Å². The van der Waals surface area contributed by atoms with Crippen molar-refractivity contribution < 1.29 is 13.2 Å². The first kappa shape index (κ1) is 20.9. The fraction of sp³-hybridized carbons (Fsp3) is 0.588. The molecule has 0 spiro atoms. The van der Waals surface area contributed by atoms with Crippen molar-refractivity contribution >= 4 is 55.8 Å². The minimum Gasteiger partial charge on any atom is -0.325 e. The summed E-state index contributed by atoms with van der Waals surface area (Å²) in [4.78, 5) is 12.5. The van der Waals surface area contributed by atoms with E-state index in [1.165, 1.54) is 0 Å². The Bertz CT molecular complexity index is 717. The highest BCUT2D eigenvalue weighted by Crippen LogP contribution is 2.29. The summed E-state index contributed by atoms with van der Waals surface area (Å²) in [5.74, 6) is -0.158. The molecule has 8 heteroatoms. The SMILES string of the molecule is CC(C)S(=O)(=O)NC1CCC(C(=O)Nc2ccc(CI)cc2Cl)CC1. The van der Waals surface area contributed by atoms with Crippen molar-refractivity contribution in [3.05, 3.63) is 28.8 Å². The molecule has 1 aliphatic rings. The molecule has 2 rings (SSSR count). The quantitative estimate of drug-likeness (QED) is 0.458. The Labute approximate surface area is 168 Å². The van der Waals surface area contributed by atoms with Gasteiger partial charge in [-0.1, -0.05) is 40.3 Å². The highest BCUT2D eigenvalue weighted by Gasteiger charge is 2.29. The Balaban J connectivity index is 1.89. The first-order valence-corrected chi connectivity index (χ1v) is 11.8. The van der Waals surface area contributed by atoms with Gasteiger partial charge < -0.3 is 5.32 Å². The molecule has 1 amide bonds. The molecular formula is C17H24ClIN2O3S. The average Bonchev–Trinajstić information content (AvgIpc) is 2.56. The maximum atomic E-state index is 12.5. The second kappa shape index (κ2) is 9.01. The predicted molar refractivity (Wildman–Crippen MR) is 111 cm³/mol. The molecule has 5 nitrogen and oxygen atoms in total. The lowest BCUT2D eigenvalue weighted by atomic mass is 9.86. The van der Waals surface area contributed by atoms with Crippen LogP contribution in [0.2, 0.25) is 5.02 Å². The monoisotopic (exact) mass is 498 g/mol. The highest BCUT2D eigenvalue weighted by molar-refractivity contribution is 14.1. The standard InChI is InChI=1S/C17H24ClIN2O3S/c1-11(2)25(23,24)21-14-6-4-13(5-7-14)17(22)20-16-8-3-12(10-19)9-15(16)18/h3,8-9,11,13-14,21H,4-7,10H2,1-2H3,(H,20,22). The van der Waals surface area contributed by atoms with Crippen LogP contribution in [0.5, 0.6) is 0 Å². The van der Waals surface area contributed by atoms with Crippen LogP contribution >= 0.6 is 34.2 Å². The van der Waals surface area contributed by atoms with Crippen molar-refractivity contribution in [3.63, 3.8) is 0 Å². The van der Waals surface area contributed by atoms with Gasteiger partial charge in [0.15, 0.2) is 0 Å². The zero-order valence-corrected chi connectivity index (χ0v) is 18.1. The Morgan fingerprint density at radius 3 is 2.44 bits per heavy atom. The molecule has 0 bridgehead atoms. The number of amides is 1. The number of hydrogen-bond acceptors (Lipinski definition) is 3.